The Morgan fingerprint density at radius 3 is 2.40 bits per heavy atom. The molecule has 0 unspecified atom stereocenters. The van der Waals surface area contributed by atoms with E-state index in [1.807, 2.05) is 65.2 Å². The predicted molar refractivity (Wildman–Crippen MR) is 124 cm³/mol. The third kappa shape index (κ3) is 4.06. The molecule has 0 atom stereocenters. The normalized spacial score (nSPS) is 11.1. The van der Waals surface area contributed by atoms with Crippen molar-refractivity contribution in [3.63, 3.8) is 0 Å². The first-order valence-electron chi connectivity index (χ1n) is 9.47. The van der Waals surface area contributed by atoms with Crippen LogP contribution in [0.2, 0.25) is 15.1 Å². The third-order valence-corrected chi connectivity index (χ3v) is 5.90. The molecule has 4 aromatic rings. The summed E-state index contributed by atoms with van der Waals surface area (Å²) in [4.78, 5) is 12.7. The average molecular weight is 459 g/mol. The largest absolute Gasteiger partial charge is 0.461 e. The summed E-state index contributed by atoms with van der Waals surface area (Å²) >= 11 is 18.3. The summed E-state index contributed by atoms with van der Waals surface area (Å²) in [5.41, 5.74) is 4.38. The van der Waals surface area contributed by atoms with E-state index in [1.165, 1.54) is 0 Å². The lowest BCUT2D eigenvalue weighted by atomic mass is 10.0. The molecule has 0 aliphatic heterocycles. The molecule has 0 saturated heterocycles. The maximum absolute atomic E-state index is 12.7. The van der Waals surface area contributed by atoms with Gasteiger partial charge in [-0.2, -0.15) is 0 Å². The molecule has 3 nitrogen and oxygen atoms in total. The predicted octanol–water partition coefficient (Wildman–Crippen LogP) is 7.49. The van der Waals surface area contributed by atoms with Crippen LogP contribution in [0.25, 0.3) is 22.0 Å². The van der Waals surface area contributed by atoms with Crippen LogP contribution in [0.5, 0.6) is 0 Å². The summed E-state index contributed by atoms with van der Waals surface area (Å²) in [7, 11) is 0. The number of halogens is 3. The number of esters is 1. The Balaban J connectivity index is 1.89. The van der Waals surface area contributed by atoms with E-state index >= 15 is 0 Å². The molecule has 3 aromatic carbocycles. The van der Waals surface area contributed by atoms with Crippen LogP contribution in [0.4, 0.5) is 0 Å². The van der Waals surface area contributed by atoms with Gasteiger partial charge in [-0.15, -0.1) is 0 Å². The fourth-order valence-electron chi connectivity index (χ4n) is 3.53. The van der Waals surface area contributed by atoms with Gasteiger partial charge in [-0.3, -0.25) is 0 Å². The van der Waals surface area contributed by atoms with Crippen molar-refractivity contribution in [3.05, 3.63) is 93.1 Å². The van der Waals surface area contributed by atoms with Gasteiger partial charge in [0.05, 0.1) is 16.7 Å². The standard InChI is InChI=1S/C24H18Cl3NO2/c1-2-30-24(29)23-13-19-18(16-7-9-17(25)10-8-16)4-3-5-22(19)28(23)14-15-6-11-20(26)21(27)12-15/h3-13H,2,14H2,1H3. The zero-order valence-corrected chi connectivity index (χ0v) is 18.4. The van der Waals surface area contributed by atoms with Crippen LogP contribution >= 0.6 is 34.8 Å². The summed E-state index contributed by atoms with van der Waals surface area (Å²) in [6, 6.07) is 21.0. The van der Waals surface area contributed by atoms with Crippen LogP contribution in [-0.2, 0) is 11.3 Å². The van der Waals surface area contributed by atoms with Gasteiger partial charge >= 0.3 is 5.97 Å². The zero-order valence-electron chi connectivity index (χ0n) is 16.2. The number of benzene rings is 3. The molecule has 0 radical (unpaired) electrons. The van der Waals surface area contributed by atoms with Crippen LogP contribution in [0.3, 0.4) is 0 Å². The first-order valence-corrected chi connectivity index (χ1v) is 10.6. The van der Waals surface area contributed by atoms with Gasteiger partial charge in [-0.1, -0.05) is 65.1 Å². The average Bonchev–Trinajstić information content (AvgIpc) is 3.10. The Bertz CT molecular complexity index is 1230. The molecule has 1 aromatic heterocycles. The Morgan fingerprint density at radius 1 is 0.933 bits per heavy atom. The summed E-state index contributed by atoms with van der Waals surface area (Å²) in [6.07, 6.45) is 0. The highest BCUT2D eigenvalue weighted by molar-refractivity contribution is 6.42. The second-order valence-corrected chi connectivity index (χ2v) is 8.08. The van der Waals surface area contributed by atoms with Gasteiger partial charge in [0.15, 0.2) is 0 Å². The third-order valence-electron chi connectivity index (χ3n) is 4.91. The van der Waals surface area contributed by atoms with Crippen molar-refractivity contribution >= 4 is 51.7 Å². The number of ether oxygens (including phenoxy) is 1. The summed E-state index contributed by atoms with van der Waals surface area (Å²) in [5, 5.41) is 2.61. The molecule has 1 heterocycles. The smallest absolute Gasteiger partial charge is 0.354 e. The van der Waals surface area contributed by atoms with Gasteiger partial charge in [0.25, 0.3) is 0 Å². The summed E-state index contributed by atoms with van der Waals surface area (Å²) in [6.45, 7) is 2.55. The van der Waals surface area contributed by atoms with Crippen LogP contribution in [0.15, 0.2) is 66.7 Å². The molecule has 0 bridgehead atoms. The lowest BCUT2D eigenvalue weighted by Crippen LogP contribution is -2.12. The zero-order chi connectivity index (χ0) is 21.3. The quantitative estimate of drug-likeness (QED) is 0.290. The summed E-state index contributed by atoms with van der Waals surface area (Å²) in [5.74, 6) is -0.365. The first-order chi connectivity index (χ1) is 14.5. The minimum Gasteiger partial charge on any atom is -0.461 e. The Kier molecular flexibility index (Phi) is 6.05. The van der Waals surface area contributed by atoms with Gasteiger partial charge in [0.1, 0.15) is 5.69 Å². The molecule has 6 heteroatoms. The fourth-order valence-corrected chi connectivity index (χ4v) is 3.98. The second kappa shape index (κ2) is 8.73. The molecule has 0 spiro atoms. The lowest BCUT2D eigenvalue weighted by molar-refractivity contribution is 0.0515. The van der Waals surface area contributed by atoms with Gasteiger partial charge in [-0.05, 0) is 60.0 Å². The van der Waals surface area contributed by atoms with Gasteiger partial charge in [0.2, 0.25) is 0 Å². The van der Waals surface area contributed by atoms with Crippen LogP contribution in [0, 0.1) is 0 Å². The minimum atomic E-state index is -0.365. The van der Waals surface area contributed by atoms with Crippen molar-refractivity contribution in [1.82, 2.24) is 4.57 Å². The molecule has 30 heavy (non-hydrogen) atoms. The molecule has 0 saturated carbocycles. The van der Waals surface area contributed by atoms with Gasteiger partial charge < -0.3 is 9.30 Å². The number of carbonyl (C=O) groups is 1. The van der Waals surface area contributed by atoms with Gasteiger partial charge in [0, 0.05) is 22.5 Å². The van der Waals surface area contributed by atoms with E-state index in [4.69, 9.17) is 39.5 Å². The number of aromatic nitrogens is 1. The number of rotatable bonds is 5. The molecule has 152 valence electrons. The number of nitrogens with zero attached hydrogens (tertiary/aromatic N) is 1. The van der Waals surface area contributed by atoms with E-state index in [1.54, 1.807) is 13.0 Å². The van der Waals surface area contributed by atoms with E-state index in [9.17, 15) is 4.79 Å². The Hall–Kier alpha value is -2.46. The number of fused-ring (bicyclic) bond motifs is 1. The highest BCUT2D eigenvalue weighted by Crippen LogP contribution is 2.33. The van der Waals surface area contributed by atoms with E-state index in [0.717, 1.165) is 27.6 Å². The molecule has 0 aliphatic rings. The highest BCUT2D eigenvalue weighted by atomic mass is 35.5. The molecular formula is C24H18Cl3NO2. The molecule has 0 fully saturated rings. The molecule has 0 N–H and O–H groups in total. The number of hydrogen-bond donors (Lipinski definition) is 0. The molecule has 0 amide bonds. The maximum atomic E-state index is 12.7. The second-order valence-electron chi connectivity index (χ2n) is 6.83. The van der Waals surface area contributed by atoms with Crippen molar-refractivity contribution in [2.75, 3.05) is 6.61 Å². The minimum absolute atomic E-state index is 0.303. The first kappa shape index (κ1) is 20.8. The van der Waals surface area contributed by atoms with E-state index in [0.29, 0.717) is 33.9 Å². The van der Waals surface area contributed by atoms with E-state index in [-0.39, 0.29) is 5.97 Å². The Labute approximate surface area is 189 Å². The van der Waals surface area contributed by atoms with Gasteiger partial charge in [-0.25, -0.2) is 4.79 Å². The fraction of sp³-hybridized carbons (Fsp3) is 0.125. The van der Waals surface area contributed by atoms with Crippen molar-refractivity contribution in [1.29, 1.82) is 0 Å². The van der Waals surface area contributed by atoms with Crippen molar-refractivity contribution in [3.8, 4) is 11.1 Å². The van der Waals surface area contributed by atoms with Crippen molar-refractivity contribution < 1.29 is 9.53 Å². The number of carbonyl (C=O) groups excluding carboxylic acids is 1. The Morgan fingerprint density at radius 2 is 1.70 bits per heavy atom. The number of hydrogen-bond acceptors (Lipinski definition) is 2. The van der Waals surface area contributed by atoms with Crippen LogP contribution < -0.4 is 0 Å². The van der Waals surface area contributed by atoms with Crippen LogP contribution in [-0.4, -0.2) is 17.1 Å². The topological polar surface area (TPSA) is 31.2 Å². The molecule has 0 aliphatic carbocycles. The molecular weight excluding hydrogens is 441 g/mol. The maximum Gasteiger partial charge on any atom is 0.354 e. The SMILES string of the molecule is CCOC(=O)c1cc2c(-c3ccc(Cl)cc3)cccc2n1Cc1ccc(Cl)c(Cl)c1. The van der Waals surface area contributed by atoms with Crippen molar-refractivity contribution in [2.24, 2.45) is 0 Å². The van der Waals surface area contributed by atoms with E-state index in [2.05, 4.69) is 0 Å². The monoisotopic (exact) mass is 457 g/mol. The molecule has 4 rings (SSSR count). The van der Waals surface area contributed by atoms with E-state index < -0.39 is 0 Å². The van der Waals surface area contributed by atoms with Crippen molar-refractivity contribution in [2.45, 2.75) is 13.5 Å². The highest BCUT2D eigenvalue weighted by Gasteiger charge is 2.19. The van der Waals surface area contributed by atoms with Crippen LogP contribution in [0.1, 0.15) is 23.0 Å². The lowest BCUT2D eigenvalue weighted by Gasteiger charge is -2.12. The summed E-state index contributed by atoms with van der Waals surface area (Å²) < 4.78 is 7.27.